The van der Waals surface area contributed by atoms with Crippen LogP contribution in [-0.4, -0.2) is 19.9 Å². The molecule has 0 radical (unpaired) electrons. The molecule has 0 fully saturated rings. The van der Waals surface area contributed by atoms with Crippen molar-refractivity contribution in [3.8, 4) is 0 Å². The van der Waals surface area contributed by atoms with Gasteiger partial charge in [-0.25, -0.2) is 9.66 Å². The second-order valence-corrected chi connectivity index (χ2v) is 7.74. The summed E-state index contributed by atoms with van der Waals surface area (Å²) in [6.45, 7) is 2.01. The van der Waals surface area contributed by atoms with Crippen molar-refractivity contribution >= 4 is 33.9 Å². The van der Waals surface area contributed by atoms with Crippen molar-refractivity contribution in [1.29, 1.82) is 0 Å². The van der Waals surface area contributed by atoms with Gasteiger partial charge in [0.15, 0.2) is 5.82 Å². The highest BCUT2D eigenvalue weighted by Gasteiger charge is 2.13. The number of rotatable bonds is 5. The Kier molecular flexibility index (Phi) is 4.42. The summed E-state index contributed by atoms with van der Waals surface area (Å²) in [5.74, 6) is 7.72. The van der Waals surface area contributed by atoms with E-state index in [1.807, 2.05) is 13.0 Å². The molecule has 4 rings (SSSR count). The van der Waals surface area contributed by atoms with E-state index in [1.165, 1.54) is 16.3 Å². The first-order chi connectivity index (χ1) is 12.2. The molecular weight excluding hydrogens is 350 g/mol. The van der Waals surface area contributed by atoms with E-state index in [4.69, 9.17) is 5.84 Å². The number of thiazole rings is 1. The number of nitrogens with zero attached hydrogens (tertiary/aromatic N) is 4. The minimum Gasteiger partial charge on any atom is -0.336 e. The van der Waals surface area contributed by atoms with Crippen molar-refractivity contribution in [3.05, 3.63) is 69.9 Å². The summed E-state index contributed by atoms with van der Waals surface area (Å²) in [6, 6.07) is 14.6. The molecule has 0 unspecified atom stereocenters. The van der Waals surface area contributed by atoms with Crippen LogP contribution in [0.15, 0.2) is 53.0 Å². The van der Waals surface area contributed by atoms with Gasteiger partial charge in [-0.2, -0.15) is 0 Å². The Morgan fingerprint density at radius 2 is 1.96 bits per heavy atom. The number of fused-ring (bicyclic) bond motifs is 1. The SMILES string of the molecule is Cc1nc(CSc2nnc(Cc3cccc4ccccc34)n2N)cs1. The maximum Gasteiger partial charge on any atom is 0.210 e. The molecule has 0 aliphatic rings. The highest BCUT2D eigenvalue weighted by atomic mass is 32.2. The van der Waals surface area contributed by atoms with Gasteiger partial charge < -0.3 is 5.84 Å². The lowest BCUT2D eigenvalue weighted by Crippen LogP contribution is -2.14. The molecule has 7 heteroatoms. The predicted molar refractivity (Wildman–Crippen MR) is 103 cm³/mol. The normalized spacial score (nSPS) is 11.2. The average molecular weight is 368 g/mol. The summed E-state index contributed by atoms with van der Waals surface area (Å²) in [5.41, 5.74) is 2.25. The molecule has 0 saturated heterocycles. The molecule has 0 saturated carbocycles. The molecule has 4 aromatic rings. The Bertz CT molecular complexity index is 1020. The molecule has 0 aliphatic heterocycles. The van der Waals surface area contributed by atoms with E-state index in [0.717, 1.165) is 22.3 Å². The minimum atomic E-state index is 0.654. The number of benzene rings is 2. The van der Waals surface area contributed by atoms with Gasteiger partial charge in [-0.05, 0) is 23.3 Å². The van der Waals surface area contributed by atoms with Gasteiger partial charge in [0.1, 0.15) is 0 Å². The summed E-state index contributed by atoms with van der Waals surface area (Å²) >= 11 is 3.21. The van der Waals surface area contributed by atoms with Crippen LogP contribution in [0.5, 0.6) is 0 Å². The zero-order valence-electron chi connectivity index (χ0n) is 13.7. The summed E-state index contributed by atoms with van der Waals surface area (Å²) in [4.78, 5) is 4.46. The summed E-state index contributed by atoms with van der Waals surface area (Å²) in [7, 11) is 0. The van der Waals surface area contributed by atoms with E-state index in [0.29, 0.717) is 11.6 Å². The zero-order valence-corrected chi connectivity index (χ0v) is 15.3. The molecule has 0 amide bonds. The van der Waals surface area contributed by atoms with Gasteiger partial charge in [0, 0.05) is 17.6 Å². The van der Waals surface area contributed by atoms with E-state index < -0.39 is 0 Å². The van der Waals surface area contributed by atoms with Gasteiger partial charge in [0.2, 0.25) is 5.16 Å². The molecule has 2 aromatic carbocycles. The number of aryl methyl sites for hydroxylation is 1. The van der Waals surface area contributed by atoms with Crippen LogP contribution in [0.2, 0.25) is 0 Å². The van der Waals surface area contributed by atoms with Gasteiger partial charge in [-0.3, -0.25) is 0 Å². The molecule has 126 valence electrons. The van der Waals surface area contributed by atoms with Crippen LogP contribution in [-0.2, 0) is 12.2 Å². The van der Waals surface area contributed by atoms with Crippen LogP contribution < -0.4 is 5.84 Å². The molecule has 2 heterocycles. The second kappa shape index (κ2) is 6.85. The fraction of sp³-hybridized carbons (Fsp3) is 0.167. The number of nitrogen functional groups attached to an aromatic ring is 1. The maximum atomic E-state index is 6.22. The molecule has 2 N–H and O–H groups in total. The summed E-state index contributed by atoms with van der Waals surface area (Å²) < 4.78 is 1.59. The number of aromatic nitrogens is 4. The smallest absolute Gasteiger partial charge is 0.210 e. The third-order valence-corrected chi connectivity index (χ3v) is 5.78. The Labute approximate surface area is 153 Å². The molecule has 0 bridgehead atoms. The number of hydrogen-bond acceptors (Lipinski definition) is 6. The third-order valence-electron chi connectivity index (χ3n) is 3.98. The summed E-state index contributed by atoms with van der Waals surface area (Å²) in [6.07, 6.45) is 0.654. The number of nitrogens with two attached hydrogens (primary N) is 1. The first kappa shape index (κ1) is 16.1. The largest absolute Gasteiger partial charge is 0.336 e. The van der Waals surface area contributed by atoms with Crippen LogP contribution in [0.1, 0.15) is 22.1 Å². The Balaban J connectivity index is 1.54. The number of hydrogen-bond donors (Lipinski definition) is 1. The standard InChI is InChI=1S/C18H17N5S2/c1-12-20-15(10-24-12)11-25-18-22-21-17(23(18)19)9-14-7-4-6-13-5-2-3-8-16(13)14/h2-8,10H,9,11,19H2,1H3. The van der Waals surface area contributed by atoms with Crippen molar-refractivity contribution < 1.29 is 0 Å². The molecule has 0 aliphatic carbocycles. The first-order valence-electron chi connectivity index (χ1n) is 7.90. The lowest BCUT2D eigenvalue weighted by Gasteiger charge is -2.06. The molecule has 25 heavy (non-hydrogen) atoms. The van der Waals surface area contributed by atoms with Crippen LogP contribution in [0, 0.1) is 6.92 Å². The van der Waals surface area contributed by atoms with E-state index in [1.54, 1.807) is 27.8 Å². The molecule has 0 atom stereocenters. The predicted octanol–water partition coefficient (Wildman–Crippen LogP) is 3.79. The lowest BCUT2D eigenvalue weighted by atomic mass is 10.0. The third kappa shape index (κ3) is 3.38. The highest BCUT2D eigenvalue weighted by Crippen LogP contribution is 2.24. The zero-order chi connectivity index (χ0) is 17.2. The average Bonchev–Trinajstić information content (AvgIpc) is 3.20. The van der Waals surface area contributed by atoms with Gasteiger partial charge in [0.05, 0.1) is 10.7 Å². The fourth-order valence-corrected chi connectivity index (χ4v) is 4.24. The van der Waals surface area contributed by atoms with Crippen LogP contribution in [0.25, 0.3) is 10.8 Å². The second-order valence-electron chi connectivity index (χ2n) is 5.73. The van der Waals surface area contributed by atoms with Crippen molar-refractivity contribution in [3.63, 3.8) is 0 Å². The van der Waals surface area contributed by atoms with Crippen LogP contribution in [0.4, 0.5) is 0 Å². The minimum absolute atomic E-state index is 0.654. The molecular formula is C18H17N5S2. The molecule has 0 spiro atoms. The Hall–Kier alpha value is -2.38. The van der Waals surface area contributed by atoms with Crippen molar-refractivity contribution in [2.45, 2.75) is 24.3 Å². The quantitative estimate of drug-likeness (QED) is 0.429. The van der Waals surface area contributed by atoms with Gasteiger partial charge in [0.25, 0.3) is 0 Å². The number of thioether (sulfide) groups is 1. The van der Waals surface area contributed by atoms with Gasteiger partial charge in [-0.1, -0.05) is 54.2 Å². The van der Waals surface area contributed by atoms with Gasteiger partial charge in [-0.15, -0.1) is 21.5 Å². The Morgan fingerprint density at radius 3 is 2.80 bits per heavy atom. The molecule has 5 nitrogen and oxygen atoms in total. The monoisotopic (exact) mass is 367 g/mol. The van der Waals surface area contributed by atoms with E-state index in [2.05, 4.69) is 57.0 Å². The first-order valence-corrected chi connectivity index (χ1v) is 9.77. The maximum absolute atomic E-state index is 6.22. The topological polar surface area (TPSA) is 69.6 Å². The van der Waals surface area contributed by atoms with Crippen LogP contribution in [0.3, 0.4) is 0 Å². The van der Waals surface area contributed by atoms with E-state index in [-0.39, 0.29) is 0 Å². The fourth-order valence-electron chi connectivity index (χ4n) is 2.76. The highest BCUT2D eigenvalue weighted by molar-refractivity contribution is 7.98. The van der Waals surface area contributed by atoms with E-state index >= 15 is 0 Å². The van der Waals surface area contributed by atoms with Gasteiger partial charge >= 0.3 is 0 Å². The Morgan fingerprint density at radius 1 is 1.12 bits per heavy atom. The lowest BCUT2D eigenvalue weighted by molar-refractivity contribution is 0.806. The van der Waals surface area contributed by atoms with Crippen LogP contribution >= 0.6 is 23.1 Å². The van der Waals surface area contributed by atoms with Crippen molar-refractivity contribution in [1.82, 2.24) is 19.9 Å². The summed E-state index contributed by atoms with van der Waals surface area (Å²) in [5, 5.41) is 14.8. The molecule has 2 aromatic heterocycles. The van der Waals surface area contributed by atoms with Crippen molar-refractivity contribution in [2.24, 2.45) is 0 Å². The van der Waals surface area contributed by atoms with Crippen molar-refractivity contribution in [2.75, 3.05) is 5.84 Å². The van der Waals surface area contributed by atoms with E-state index in [9.17, 15) is 0 Å².